The summed E-state index contributed by atoms with van der Waals surface area (Å²) in [5.41, 5.74) is 0.361. The van der Waals surface area contributed by atoms with E-state index in [9.17, 15) is 13.2 Å². The molecule has 1 N–H and O–H groups in total. The van der Waals surface area contributed by atoms with Crippen LogP contribution in [0.4, 0.5) is 0 Å². The van der Waals surface area contributed by atoms with E-state index >= 15 is 0 Å². The molecular weight excluding hydrogens is 418 g/mol. The van der Waals surface area contributed by atoms with E-state index in [1.54, 1.807) is 24.5 Å². The van der Waals surface area contributed by atoms with Gasteiger partial charge >= 0.3 is 0 Å². The second-order valence-corrected chi connectivity index (χ2v) is 9.89. The third kappa shape index (κ3) is 5.10. The number of piperazine rings is 1. The van der Waals surface area contributed by atoms with Gasteiger partial charge in [-0.2, -0.15) is 4.31 Å². The van der Waals surface area contributed by atoms with Crippen molar-refractivity contribution in [3.63, 3.8) is 0 Å². The van der Waals surface area contributed by atoms with Gasteiger partial charge in [0.15, 0.2) is 5.82 Å². The van der Waals surface area contributed by atoms with E-state index in [2.05, 4.69) is 25.4 Å². The lowest BCUT2D eigenvalue weighted by atomic mass is 10.2. The van der Waals surface area contributed by atoms with Crippen molar-refractivity contribution in [1.29, 1.82) is 0 Å². The Kier molecular flexibility index (Phi) is 6.83. The zero-order chi connectivity index (χ0) is 21.0. The summed E-state index contributed by atoms with van der Waals surface area (Å²) in [5, 5.41) is 10.2. The zero-order valence-electron chi connectivity index (χ0n) is 16.3. The van der Waals surface area contributed by atoms with Crippen molar-refractivity contribution in [2.75, 3.05) is 39.3 Å². The number of carbonyl (C=O) groups excluding carboxylic acids is 1. The van der Waals surface area contributed by atoms with Crippen molar-refractivity contribution >= 4 is 27.5 Å². The molecule has 12 heteroatoms. The molecule has 29 heavy (non-hydrogen) atoms. The van der Waals surface area contributed by atoms with E-state index in [-0.39, 0.29) is 5.91 Å². The molecule has 0 bridgehead atoms. The molecule has 2 aromatic heterocycles. The molecule has 2 aromatic rings. The lowest BCUT2D eigenvalue weighted by Gasteiger charge is -2.34. The van der Waals surface area contributed by atoms with Crippen molar-refractivity contribution in [3.8, 4) is 5.82 Å². The topological polar surface area (TPSA) is 113 Å². The van der Waals surface area contributed by atoms with Crippen LogP contribution in [0.25, 0.3) is 5.82 Å². The van der Waals surface area contributed by atoms with Crippen LogP contribution in [-0.4, -0.2) is 87.8 Å². The minimum atomic E-state index is -3.21. The van der Waals surface area contributed by atoms with Crippen LogP contribution in [-0.2, 0) is 10.0 Å². The van der Waals surface area contributed by atoms with E-state index in [1.165, 1.54) is 23.2 Å². The maximum atomic E-state index is 12.3. The Labute approximate surface area is 174 Å². The number of nitrogens with one attached hydrogen (secondary N) is 1. The van der Waals surface area contributed by atoms with Gasteiger partial charge in [-0.05, 0) is 19.9 Å². The Morgan fingerprint density at radius 1 is 1.21 bits per heavy atom. The summed E-state index contributed by atoms with van der Waals surface area (Å²) >= 11 is 6.21. The van der Waals surface area contributed by atoms with Crippen LogP contribution in [0.2, 0.25) is 5.02 Å². The molecular formula is C17H24ClN7O3S. The highest BCUT2D eigenvalue weighted by Gasteiger charge is 2.29. The van der Waals surface area contributed by atoms with Gasteiger partial charge in [0.05, 0.1) is 15.8 Å². The average Bonchev–Trinajstić information content (AvgIpc) is 3.22. The summed E-state index contributed by atoms with van der Waals surface area (Å²) in [5.74, 6) is 0.179. The molecule has 1 fully saturated rings. The highest BCUT2D eigenvalue weighted by atomic mass is 35.5. The van der Waals surface area contributed by atoms with Crippen LogP contribution in [0.1, 0.15) is 24.2 Å². The van der Waals surface area contributed by atoms with E-state index in [0.29, 0.717) is 55.7 Å². The van der Waals surface area contributed by atoms with Gasteiger partial charge in [0.1, 0.15) is 12.7 Å². The molecule has 10 nitrogen and oxygen atoms in total. The molecule has 1 aliphatic heterocycles. The first-order chi connectivity index (χ1) is 13.8. The normalized spacial score (nSPS) is 16.3. The summed E-state index contributed by atoms with van der Waals surface area (Å²) in [7, 11) is -3.21. The number of sulfonamides is 1. The van der Waals surface area contributed by atoms with Crippen LogP contribution in [0.3, 0.4) is 0 Å². The molecule has 158 valence electrons. The van der Waals surface area contributed by atoms with Gasteiger partial charge in [0, 0.05) is 45.5 Å². The van der Waals surface area contributed by atoms with E-state index < -0.39 is 15.3 Å². The maximum absolute atomic E-state index is 12.3. The van der Waals surface area contributed by atoms with Crippen LogP contribution < -0.4 is 5.32 Å². The van der Waals surface area contributed by atoms with Crippen LogP contribution in [0.5, 0.6) is 0 Å². The van der Waals surface area contributed by atoms with Crippen LogP contribution in [0, 0.1) is 0 Å². The van der Waals surface area contributed by atoms with Crippen LogP contribution >= 0.6 is 11.6 Å². The Hall–Kier alpha value is -2.08. The first kappa shape index (κ1) is 21.6. The standard InChI is InChI=1S/C17H24ClN7O3S/c1-13(2)29(27,28)25-7-5-23(6-8-25)4-3-19-17(26)14-9-15(18)16(20-10-14)24-11-21-22-12-24/h9-13H,3-8H2,1-2H3,(H,19,26). The number of rotatable bonds is 7. The fourth-order valence-corrected chi connectivity index (χ4v) is 4.52. The van der Waals surface area contributed by atoms with Crippen LogP contribution in [0.15, 0.2) is 24.9 Å². The summed E-state index contributed by atoms with van der Waals surface area (Å²) < 4.78 is 27.5. The zero-order valence-corrected chi connectivity index (χ0v) is 17.9. The summed E-state index contributed by atoms with van der Waals surface area (Å²) in [6.45, 7) is 6.69. The summed E-state index contributed by atoms with van der Waals surface area (Å²) in [4.78, 5) is 18.7. The second kappa shape index (κ2) is 9.16. The first-order valence-corrected chi connectivity index (χ1v) is 11.2. The van der Waals surface area contributed by atoms with Gasteiger partial charge in [-0.15, -0.1) is 10.2 Å². The van der Waals surface area contributed by atoms with Crippen molar-refractivity contribution < 1.29 is 13.2 Å². The Morgan fingerprint density at radius 2 is 1.86 bits per heavy atom. The third-order valence-corrected chi connectivity index (χ3v) is 7.30. The first-order valence-electron chi connectivity index (χ1n) is 9.29. The third-order valence-electron chi connectivity index (χ3n) is 4.75. The largest absolute Gasteiger partial charge is 0.351 e. The van der Waals surface area contributed by atoms with Crippen molar-refractivity contribution in [3.05, 3.63) is 35.5 Å². The molecule has 3 heterocycles. The quantitative estimate of drug-likeness (QED) is 0.661. The SMILES string of the molecule is CC(C)S(=O)(=O)N1CCN(CCNC(=O)c2cnc(-n3cnnc3)c(Cl)c2)CC1. The molecule has 0 atom stereocenters. The Bertz CT molecular complexity index is 942. The highest BCUT2D eigenvalue weighted by Crippen LogP contribution is 2.18. The number of nitrogens with zero attached hydrogens (tertiary/aromatic N) is 6. The molecule has 0 unspecified atom stereocenters. The number of hydrogen-bond acceptors (Lipinski definition) is 7. The maximum Gasteiger partial charge on any atom is 0.252 e. The monoisotopic (exact) mass is 441 g/mol. The molecule has 0 aliphatic carbocycles. The summed E-state index contributed by atoms with van der Waals surface area (Å²) in [6, 6.07) is 1.55. The Balaban J connectivity index is 1.47. The van der Waals surface area contributed by atoms with Gasteiger partial charge in [-0.3, -0.25) is 14.3 Å². The van der Waals surface area contributed by atoms with Crippen molar-refractivity contribution in [1.82, 2.24) is 34.3 Å². The second-order valence-electron chi connectivity index (χ2n) is 6.99. The molecule has 1 aliphatic rings. The lowest BCUT2D eigenvalue weighted by Crippen LogP contribution is -2.51. The van der Waals surface area contributed by atoms with E-state index in [4.69, 9.17) is 11.6 Å². The van der Waals surface area contributed by atoms with Crippen molar-refractivity contribution in [2.45, 2.75) is 19.1 Å². The Morgan fingerprint density at radius 3 is 2.45 bits per heavy atom. The number of halogens is 1. The molecule has 3 rings (SSSR count). The lowest BCUT2D eigenvalue weighted by molar-refractivity contribution is 0.0944. The van der Waals surface area contributed by atoms with Crippen molar-refractivity contribution in [2.24, 2.45) is 0 Å². The number of hydrogen-bond donors (Lipinski definition) is 1. The van der Waals surface area contributed by atoms with Gasteiger partial charge in [0.2, 0.25) is 10.0 Å². The predicted octanol–water partition coefficient (Wildman–Crippen LogP) is 0.401. The fourth-order valence-electron chi connectivity index (χ4n) is 2.99. The number of amides is 1. The van der Waals surface area contributed by atoms with E-state index in [1.807, 2.05) is 0 Å². The fraction of sp³-hybridized carbons (Fsp3) is 0.529. The number of pyridine rings is 1. The van der Waals surface area contributed by atoms with Gasteiger partial charge < -0.3 is 5.32 Å². The molecule has 1 saturated heterocycles. The molecule has 0 spiro atoms. The van der Waals surface area contributed by atoms with Gasteiger partial charge in [-0.25, -0.2) is 13.4 Å². The van der Waals surface area contributed by atoms with Gasteiger partial charge in [0.25, 0.3) is 5.91 Å². The average molecular weight is 442 g/mol. The minimum Gasteiger partial charge on any atom is -0.351 e. The van der Waals surface area contributed by atoms with E-state index in [0.717, 1.165) is 0 Å². The smallest absolute Gasteiger partial charge is 0.252 e. The molecule has 1 amide bonds. The van der Waals surface area contributed by atoms with Gasteiger partial charge in [-0.1, -0.05) is 11.6 Å². The number of carbonyl (C=O) groups is 1. The predicted molar refractivity (Wildman–Crippen MR) is 109 cm³/mol. The number of aromatic nitrogens is 4. The summed E-state index contributed by atoms with van der Waals surface area (Å²) in [6.07, 6.45) is 4.40. The minimum absolute atomic E-state index is 0.268. The highest BCUT2D eigenvalue weighted by molar-refractivity contribution is 7.89. The molecule has 0 radical (unpaired) electrons. The molecule has 0 saturated carbocycles. The molecule has 0 aromatic carbocycles.